The Balaban J connectivity index is 2.26. The summed E-state index contributed by atoms with van der Waals surface area (Å²) in [5, 5.41) is 28.7. The van der Waals surface area contributed by atoms with E-state index in [1.54, 1.807) is 6.08 Å². The summed E-state index contributed by atoms with van der Waals surface area (Å²) < 4.78 is 0. The van der Waals surface area contributed by atoms with Gasteiger partial charge in [-0.2, -0.15) is 10.5 Å². The number of nitriles is 2. The van der Waals surface area contributed by atoms with Crippen LogP contribution in [-0.2, 0) is 6.42 Å². The van der Waals surface area contributed by atoms with Crippen molar-refractivity contribution in [3.05, 3.63) is 53.6 Å². The van der Waals surface area contributed by atoms with E-state index < -0.39 is 0 Å². The molecule has 2 aromatic rings. The molecule has 0 spiro atoms. The maximum Gasteiger partial charge on any atom is 0.126 e. The molecule has 0 amide bonds. The largest absolute Gasteiger partial charge is 0.395 e. The lowest BCUT2D eigenvalue weighted by Crippen LogP contribution is -2.20. The first kappa shape index (κ1) is 15.6. The highest BCUT2D eigenvalue weighted by molar-refractivity contribution is 5.86. The van der Waals surface area contributed by atoms with Crippen molar-refractivity contribution in [2.45, 2.75) is 6.42 Å². The van der Waals surface area contributed by atoms with E-state index in [9.17, 15) is 0 Å². The molecular weight excluding hydrogens is 274 g/mol. The van der Waals surface area contributed by atoms with Gasteiger partial charge in [0, 0.05) is 19.3 Å². The van der Waals surface area contributed by atoms with Gasteiger partial charge in [0.15, 0.2) is 0 Å². The van der Waals surface area contributed by atoms with Gasteiger partial charge in [-0.1, -0.05) is 30.3 Å². The van der Waals surface area contributed by atoms with E-state index in [-0.39, 0.29) is 12.2 Å². The highest BCUT2D eigenvalue weighted by Gasteiger charge is 2.03. The van der Waals surface area contributed by atoms with Crippen LogP contribution in [-0.4, -0.2) is 25.3 Å². The molecule has 2 aromatic carbocycles. The SMILES string of the molecule is CN(CCO)c1ccc2cc(CC=C(C#N)C#N)ccc2c1. The molecule has 4 nitrogen and oxygen atoms in total. The Hall–Kier alpha value is -2.82. The van der Waals surface area contributed by atoms with Crippen LogP contribution < -0.4 is 4.90 Å². The molecule has 2 rings (SSSR count). The summed E-state index contributed by atoms with van der Waals surface area (Å²) in [6.07, 6.45) is 2.21. The van der Waals surface area contributed by atoms with E-state index in [0.29, 0.717) is 13.0 Å². The van der Waals surface area contributed by atoms with E-state index in [4.69, 9.17) is 15.6 Å². The van der Waals surface area contributed by atoms with Crippen molar-refractivity contribution in [3.8, 4) is 12.1 Å². The van der Waals surface area contributed by atoms with Gasteiger partial charge in [0.2, 0.25) is 0 Å². The molecule has 0 heterocycles. The van der Waals surface area contributed by atoms with Crippen molar-refractivity contribution >= 4 is 16.5 Å². The first-order valence-corrected chi connectivity index (χ1v) is 7.03. The lowest BCUT2D eigenvalue weighted by molar-refractivity contribution is 0.304. The van der Waals surface area contributed by atoms with E-state index in [0.717, 1.165) is 22.0 Å². The lowest BCUT2D eigenvalue weighted by atomic mass is 10.0. The monoisotopic (exact) mass is 291 g/mol. The fraction of sp³-hybridized carbons (Fsp3) is 0.222. The van der Waals surface area contributed by atoms with Gasteiger partial charge in [0.05, 0.1) is 6.61 Å². The summed E-state index contributed by atoms with van der Waals surface area (Å²) in [4.78, 5) is 2.00. The van der Waals surface area contributed by atoms with Crippen LogP contribution in [0, 0.1) is 22.7 Å². The molecule has 22 heavy (non-hydrogen) atoms. The minimum absolute atomic E-state index is 0.125. The second-order valence-electron chi connectivity index (χ2n) is 5.06. The van der Waals surface area contributed by atoms with Gasteiger partial charge in [0.25, 0.3) is 0 Å². The molecule has 0 aliphatic heterocycles. The quantitative estimate of drug-likeness (QED) is 0.860. The second-order valence-corrected chi connectivity index (χ2v) is 5.06. The zero-order chi connectivity index (χ0) is 15.9. The predicted octanol–water partition coefficient (Wildman–Crippen LogP) is 2.78. The molecule has 0 unspecified atom stereocenters. The number of benzene rings is 2. The third-order valence-electron chi connectivity index (χ3n) is 3.55. The molecule has 0 aliphatic carbocycles. The summed E-state index contributed by atoms with van der Waals surface area (Å²) in [7, 11) is 1.95. The van der Waals surface area contributed by atoms with Gasteiger partial charge < -0.3 is 10.0 Å². The number of nitrogens with zero attached hydrogens (tertiary/aromatic N) is 3. The molecule has 0 aromatic heterocycles. The van der Waals surface area contributed by atoms with Crippen LogP contribution in [0.2, 0.25) is 0 Å². The van der Waals surface area contributed by atoms with E-state index in [2.05, 4.69) is 12.1 Å². The maximum atomic E-state index is 9.00. The first-order chi connectivity index (χ1) is 10.7. The lowest BCUT2D eigenvalue weighted by Gasteiger charge is -2.18. The molecule has 0 fully saturated rings. The Morgan fingerprint density at radius 2 is 1.82 bits per heavy atom. The fourth-order valence-corrected chi connectivity index (χ4v) is 2.26. The molecule has 0 saturated heterocycles. The highest BCUT2D eigenvalue weighted by atomic mass is 16.3. The van der Waals surface area contributed by atoms with Crippen LogP contribution in [0.25, 0.3) is 10.8 Å². The van der Waals surface area contributed by atoms with Crippen molar-refractivity contribution in [2.24, 2.45) is 0 Å². The van der Waals surface area contributed by atoms with Gasteiger partial charge in [-0.05, 0) is 34.9 Å². The average Bonchev–Trinajstić information content (AvgIpc) is 2.55. The molecule has 0 aliphatic rings. The third kappa shape index (κ3) is 3.63. The number of aliphatic hydroxyl groups excluding tert-OH is 1. The van der Waals surface area contributed by atoms with Crippen LogP contribution in [0.5, 0.6) is 0 Å². The number of fused-ring (bicyclic) bond motifs is 1. The Morgan fingerprint density at radius 1 is 1.14 bits per heavy atom. The summed E-state index contributed by atoms with van der Waals surface area (Å²) in [5.74, 6) is 0. The van der Waals surface area contributed by atoms with Crippen LogP contribution in [0.3, 0.4) is 0 Å². The van der Waals surface area contributed by atoms with Crippen molar-refractivity contribution in [3.63, 3.8) is 0 Å². The van der Waals surface area contributed by atoms with Crippen molar-refractivity contribution < 1.29 is 5.11 Å². The van der Waals surface area contributed by atoms with Crippen molar-refractivity contribution in [2.75, 3.05) is 25.1 Å². The average molecular weight is 291 g/mol. The zero-order valence-corrected chi connectivity index (χ0v) is 12.5. The summed E-state index contributed by atoms with van der Waals surface area (Å²) in [5.41, 5.74) is 2.26. The Kier molecular flexibility index (Phi) is 5.14. The van der Waals surface area contributed by atoms with Crippen LogP contribution in [0.15, 0.2) is 48.0 Å². The molecule has 0 saturated carbocycles. The van der Waals surface area contributed by atoms with E-state index in [1.165, 1.54) is 0 Å². The molecule has 0 bridgehead atoms. The maximum absolute atomic E-state index is 9.00. The van der Waals surface area contributed by atoms with E-state index >= 15 is 0 Å². The van der Waals surface area contributed by atoms with Gasteiger partial charge in [-0.25, -0.2) is 0 Å². The number of allylic oxidation sites excluding steroid dienone is 2. The van der Waals surface area contributed by atoms with Gasteiger partial charge in [-0.15, -0.1) is 0 Å². The fourth-order valence-electron chi connectivity index (χ4n) is 2.26. The number of hydrogen-bond acceptors (Lipinski definition) is 4. The Morgan fingerprint density at radius 3 is 2.50 bits per heavy atom. The smallest absolute Gasteiger partial charge is 0.126 e. The highest BCUT2D eigenvalue weighted by Crippen LogP contribution is 2.23. The first-order valence-electron chi connectivity index (χ1n) is 7.03. The Labute approximate surface area is 130 Å². The number of anilines is 1. The molecular formula is C18H17N3O. The normalized spacial score (nSPS) is 9.82. The van der Waals surface area contributed by atoms with Crippen LogP contribution >= 0.6 is 0 Å². The molecule has 0 atom stereocenters. The minimum Gasteiger partial charge on any atom is -0.395 e. The predicted molar refractivity (Wildman–Crippen MR) is 87.3 cm³/mol. The van der Waals surface area contributed by atoms with Crippen molar-refractivity contribution in [1.82, 2.24) is 0 Å². The van der Waals surface area contributed by atoms with Crippen molar-refractivity contribution in [1.29, 1.82) is 10.5 Å². The minimum atomic E-state index is 0.125. The number of hydrogen-bond donors (Lipinski definition) is 1. The van der Waals surface area contributed by atoms with E-state index in [1.807, 2.05) is 48.4 Å². The standard InChI is InChI=1S/C18H17N3O/c1-21(8-9-22)18-7-6-16-10-14(4-5-17(16)11-18)2-3-15(12-19)13-20/h3-7,10-11,22H,2,8-9H2,1H3. The van der Waals surface area contributed by atoms with Gasteiger partial charge >= 0.3 is 0 Å². The second kappa shape index (κ2) is 7.26. The molecule has 0 radical (unpaired) electrons. The number of likely N-dealkylation sites (N-methyl/N-ethyl adjacent to an activating group) is 1. The van der Waals surface area contributed by atoms with Crippen LogP contribution in [0.4, 0.5) is 5.69 Å². The number of aliphatic hydroxyl groups is 1. The summed E-state index contributed by atoms with van der Waals surface area (Å²) in [6.45, 7) is 0.722. The molecule has 4 heteroatoms. The van der Waals surface area contributed by atoms with Gasteiger partial charge in [-0.3, -0.25) is 0 Å². The van der Waals surface area contributed by atoms with Crippen LogP contribution in [0.1, 0.15) is 5.56 Å². The summed E-state index contributed by atoms with van der Waals surface area (Å²) in [6, 6.07) is 16.0. The third-order valence-corrected chi connectivity index (χ3v) is 3.55. The summed E-state index contributed by atoms with van der Waals surface area (Å²) >= 11 is 0. The topological polar surface area (TPSA) is 71.0 Å². The molecule has 110 valence electrons. The van der Waals surface area contributed by atoms with Gasteiger partial charge in [0.1, 0.15) is 17.7 Å². The molecule has 1 N–H and O–H groups in total. The number of rotatable bonds is 5. The zero-order valence-electron chi connectivity index (χ0n) is 12.5. The Bertz CT molecular complexity index is 765.